The Labute approximate surface area is 93.0 Å². The van der Waals surface area contributed by atoms with Crippen molar-refractivity contribution in [1.82, 2.24) is 0 Å². The lowest BCUT2D eigenvalue weighted by Crippen LogP contribution is -2.24. The second-order valence-corrected chi connectivity index (χ2v) is 3.18. The van der Waals surface area contributed by atoms with Gasteiger partial charge in [0.1, 0.15) is 5.82 Å². The molecule has 1 rings (SSSR count). The molecule has 17 heavy (non-hydrogen) atoms. The van der Waals surface area contributed by atoms with Gasteiger partial charge in [0.05, 0.1) is 7.11 Å². The van der Waals surface area contributed by atoms with Crippen molar-refractivity contribution in [2.75, 3.05) is 7.11 Å². The van der Waals surface area contributed by atoms with Crippen LogP contribution in [0.15, 0.2) is 12.1 Å². The first-order valence-corrected chi connectivity index (χ1v) is 4.37. The van der Waals surface area contributed by atoms with E-state index in [-0.39, 0.29) is 0 Å². The van der Waals surface area contributed by atoms with Gasteiger partial charge in [0, 0.05) is 18.1 Å². The van der Waals surface area contributed by atoms with E-state index in [0.29, 0.717) is 12.1 Å². The lowest BCUT2D eigenvalue weighted by atomic mass is 10.1. The van der Waals surface area contributed by atoms with Crippen molar-refractivity contribution in [1.29, 1.82) is 0 Å². The first-order chi connectivity index (χ1) is 7.75. The maximum Gasteiger partial charge on any atom is 0.450 e. The summed E-state index contributed by atoms with van der Waals surface area (Å²) in [5, 5.41) is 0. The number of hydrogen-bond acceptors (Lipinski definition) is 2. The zero-order chi connectivity index (χ0) is 13.2. The molecular formula is C10H7F5O2. The van der Waals surface area contributed by atoms with Gasteiger partial charge in [0.2, 0.25) is 5.78 Å². The summed E-state index contributed by atoms with van der Waals surface area (Å²) < 4.78 is 66.4. The van der Waals surface area contributed by atoms with Gasteiger partial charge in [-0.15, -0.1) is 0 Å². The van der Waals surface area contributed by atoms with Gasteiger partial charge in [-0.05, 0) is 6.07 Å². The maximum atomic E-state index is 13.1. The monoisotopic (exact) mass is 254 g/mol. The Kier molecular flexibility index (Phi) is 3.69. The third-order valence-electron chi connectivity index (χ3n) is 1.96. The van der Waals surface area contributed by atoms with Crippen LogP contribution in [0.25, 0.3) is 0 Å². The number of methoxy groups -OCH3 is 1. The summed E-state index contributed by atoms with van der Waals surface area (Å²) in [6, 6.07) is 1.09. The minimum atomic E-state index is -5.05. The van der Waals surface area contributed by atoms with Crippen LogP contribution in [0.3, 0.4) is 0 Å². The van der Waals surface area contributed by atoms with E-state index in [1.165, 1.54) is 0 Å². The second kappa shape index (κ2) is 4.68. The fraction of sp³-hybridized carbons (Fsp3) is 0.300. The Morgan fingerprint density at radius 3 is 2.35 bits per heavy atom. The molecule has 0 atom stereocenters. The third-order valence-corrected chi connectivity index (χ3v) is 1.96. The van der Waals surface area contributed by atoms with Crippen molar-refractivity contribution in [2.24, 2.45) is 0 Å². The normalized spacial score (nSPS) is 11.4. The number of ether oxygens (including phenoxy) is 1. The molecule has 0 aliphatic rings. The highest BCUT2D eigenvalue weighted by atomic mass is 19.4. The summed E-state index contributed by atoms with van der Waals surface area (Å²) in [5.41, 5.74) is -0.479. The second-order valence-electron chi connectivity index (χ2n) is 3.18. The van der Waals surface area contributed by atoms with Crippen LogP contribution < -0.4 is 4.74 Å². The Morgan fingerprint density at radius 1 is 1.29 bits per heavy atom. The molecule has 0 unspecified atom stereocenters. The van der Waals surface area contributed by atoms with E-state index >= 15 is 0 Å². The molecule has 2 nitrogen and oxygen atoms in total. The predicted octanol–water partition coefficient (Wildman–Crippen LogP) is 2.65. The van der Waals surface area contributed by atoms with Crippen LogP contribution in [0.1, 0.15) is 5.56 Å². The van der Waals surface area contributed by atoms with Crippen LogP contribution in [0.5, 0.6) is 5.75 Å². The van der Waals surface area contributed by atoms with Crippen LogP contribution in [0.4, 0.5) is 22.0 Å². The highest BCUT2D eigenvalue weighted by Crippen LogP contribution is 2.27. The van der Waals surface area contributed by atoms with Crippen LogP contribution in [-0.2, 0) is 11.2 Å². The highest BCUT2D eigenvalue weighted by Gasteiger charge is 2.38. The number of carbonyl (C=O) groups excluding carboxylic acids is 1. The third kappa shape index (κ3) is 3.15. The van der Waals surface area contributed by atoms with E-state index in [0.717, 1.165) is 7.11 Å². The summed E-state index contributed by atoms with van der Waals surface area (Å²) in [6.07, 6.45) is -6.21. The Bertz CT molecular complexity index is 439. The number of ketones is 1. The van der Waals surface area contributed by atoms with Crippen LogP contribution in [0.2, 0.25) is 0 Å². The van der Waals surface area contributed by atoms with Crippen LogP contribution in [-0.4, -0.2) is 19.1 Å². The minimum Gasteiger partial charge on any atom is -0.493 e. The van der Waals surface area contributed by atoms with E-state index < -0.39 is 41.3 Å². The molecule has 0 saturated carbocycles. The molecule has 0 fully saturated rings. The summed E-state index contributed by atoms with van der Waals surface area (Å²) in [7, 11) is 1.01. The van der Waals surface area contributed by atoms with Gasteiger partial charge in [-0.2, -0.15) is 13.2 Å². The molecule has 0 amide bonds. The predicted molar refractivity (Wildman–Crippen MR) is 47.7 cm³/mol. The molecular weight excluding hydrogens is 247 g/mol. The van der Waals surface area contributed by atoms with Gasteiger partial charge >= 0.3 is 6.18 Å². The van der Waals surface area contributed by atoms with Gasteiger partial charge in [-0.1, -0.05) is 0 Å². The lowest BCUT2D eigenvalue weighted by molar-refractivity contribution is -0.170. The van der Waals surface area contributed by atoms with Gasteiger partial charge < -0.3 is 4.74 Å². The topological polar surface area (TPSA) is 26.3 Å². The molecule has 7 heteroatoms. The van der Waals surface area contributed by atoms with E-state index in [1.807, 2.05) is 0 Å². The van der Waals surface area contributed by atoms with Crippen molar-refractivity contribution in [3.8, 4) is 5.75 Å². The summed E-state index contributed by atoms with van der Waals surface area (Å²) in [4.78, 5) is 10.7. The van der Waals surface area contributed by atoms with Crippen molar-refractivity contribution in [3.05, 3.63) is 29.3 Å². The largest absolute Gasteiger partial charge is 0.493 e. The molecule has 0 aliphatic heterocycles. The van der Waals surface area contributed by atoms with E-state index in [1.54, 1.807) is 0 Å². The molecule has 0 saturated heterocycles. The van der Waals surface area contributed by atoms with E-state index in [4.69, 9.17) is 0 Å². The lowest BCUT2D eigenvalue weighted by Gasteiger charge is -2.10. The smallest absolute Gasteiger partial charge is 0.450 e. The molecule has 1 aromatic rings. The molecule has 0 aromatic heterocycles. The number of rotatable bonds is 3. The number of hydrogen-bond donors (Lipinski definition) is 0. The molecule has 0 N–H and O–H groups in total. The summed E-state index contributed by atoms with van der Waals surface area (Å²) in [5.74, 6) is -4.89. The minimum absolute atomic E-state index is 0.459. The molecule has 94 valence electrons. The number of benzene rings is 1. The SMILES string of the molecule is COc1c(F)cc(F)cc1CC(=O)C(F)(F)F. The standard InChI is InChI=1S/C10H7F5O2/c1-17-9-5(2-6(11)4-7(9)12)3-8(16)10(13,14)15/h2,4H,3H2,1H3. The summed E-state index contributed by atoms with van der Waals surface area (Å²) >= 11 is 0. The fourth-order valence-electron chi connectivity index (χ4n) is 1.25. The molecule has 0 radical (unpaired) electrons. The maximum absolute atomic E-state index is 13.1. The molecule has 0 aliphatic carbocycles. The average Bonchev–Trinajstić information content (AvgIpc) is 2.15. The van der Waals surface area contributed by atoms with Gasteiger partial charge in [-0.25, -0.2) is 8.78 Å². The average molecular weight is 254 g/mol. The number of alkyl halides is 3. The first-order valence-electron chi connectivity index (χ1n) is 4.37. The molecule has 0 bridgehead atoms. The first kappa shape index (κ1) is 13.4. The molecule has 1 aromatic carbocycles. The van der Waals surface area contributed by atoms with Gasteiger partial charge in [0.15, 0.2) is 11.6 Å². The van der Waals surface area contributed by atoms with Gasteiger partial charge in [0.25, 0.3) is 0 Å². The summed E-state index contributed by atoms with van der Waals surface area (Å²) in [6.45, 7) is 0. The van der Waals surface area contributed by atoms with Crippen molar-refractivity contribution in [2.45, 2.75) is 12.6 Å². The van der Waals surface area contributed by atoms with Gasteiger partial charge in [-0.3, -0.25) is 4.79 Å². The highest BCUT2D eigenvalue weighted by molar-refractivity contribution is 5.86. The Balaban J connectivity index is 3.10. The van der Waals surface area contributed by atoms with Crippen LogP contribution >= 0.6 is 0 Å². The quantitative estimate of drug-likeness (QED) is 0.775. The molecule has 0 heterocycles. The zero-order valence-electron chi connectivity index (χ0n) is 8.57. The number of halogens is 5. The molecule has 0 spiro atoms. The number of Topliss-reactive ketones (excluding diaryl/α,β-unsaturated/α-hetero) is 1. The Hall–Kier alpha value is -1.66. The number of carbonyl (C=O) groups is 1. The Morgan fingerprint density at radius 2 is 1.88 bits per heavy atom. The van der Waals surface area contributed by atoms with Crippen molar-refractivity contribution in [3.63, 3.8) is 0 Å². The van der Waals surface area contributed by atoms with Crippen molar-refractivity contribution >= 4 is 5.78 Å². The fourth-order valence-corrected chi connectivity index (χ4v) is 1.25. The van der Waals surface area contributed by atoms with Crippen LogP contribution in [0, 0.1) is 11.6 Å². The van der Waals surface area contributed by atoms with E-state index in [9.17, 15) is 26.7 Å². The zero-order valence-corrected chi connectivity index (χ0v) is 8.57. The van der Waals surface area contributed by atoms with Crippen molar-refractivity contribution < 1.29 is 31.5 Å². The van der Waals surface area contributed by atoms with E-state index in [2.05, 4.69) is 4.74 Å².